The van der Waals surface area contributed by atoms with Crippen LogP contribution in [0, 0.1) is 0 Å². The molecule has 0 saturated heterocycles. The van der Waals surface area contributed by atoms with Gasteiger partial charge < -0.3 is 14.4 Å². The van der Waals surface area contributed by atoms with Gasteiger partial charge >= 0.3 is 6.09 Å². The number of carbonyl (C=O) groups is 2. The highest BCUT2D eigenvalue weighted by atomic mass is 32.1. The topological polar surface area (TPSA) is 92.9 Å². The number of hydrogen-bond donors (Lipinski definition) is 2. The van der Waals surface area contributed by atoms with Crippen molar-refractivity contribution in [3.8, 4) is 5.75 Å². The number of nitrogens with one attached hydrogen (secondary N) is 1. The molecular formula is C16H19N3O4S. The number of phenols is 1. The number of benzene rings is 1. The van der Waals surface area contributed by atoms with Crippen molar-refractivity contribution >= 4 is 29.0 Å². The second-order valence-corrected chi connectivity index (χ2v) is 6.95. The maximum absolute atomic E-state index is 12.2. The fraction of sp³-hybridized carbons (Fsp3) is 0.312. The van der Waals surface area contributed by atoms with Gasteiger partial charge in [-0.2, -0.15) is 4.99 Å². The van der Waals surface area contributed by atoms with E-state index in [1.165, 1.54) is 29.5 Å². The summed E-state index contributed by atoms with van der Waals surface area (Å²) in [5, 5.41) is 14.3. The first-order valence-corrected chi connectivity index (χ1v) is 8.06. The lowest BCUT2D eigenvalue weighted by molar-refractivity contribution is 0.0636. The molecule has 0 radical (unpaired) electrons. The first-order valence-electron chi connectivity index (χ1n) is 7.18. The molecule has 24 heavy (non-hydrogen) atoms. The second kappa shape index (κ2) is 6.88. The summed E-state index contributed by atoms with van der Waals surface area (Å²) in [5.74, 6) is -0.828. The molecule has 0 spiro atoms. The van der Waals surface area contributed by atoms with Crippen molar-refractivity contribution in [3.63, 3.8) is 0 Å². The van der Waals surface area contributed by atoms with Gasteiger partial charge in [0, 0.05) is 30.4 Å². The van der Waals surface area contributed by atoms with Crippen LogP contribution in [0.15, 0.2) is 34.8 Å². The van der Waals surface area contributed by atoms with Gasteiger partial charge in [0.2, 0.25) is 0 Å². The maximum atomic E-state index is 12.2. The highest BCUT2D eigenvalue weighted by molar-refractivity contribution is 7.07. The van der Waals surface area contributed by atoms with E-state index in [1.807, 2.05) is 0 Å². The Bertz CT molecular complexity index is 830. The number of amides is 2. The minimum absolute atomic E-state index is 0.0538. The fourth-order valence-corrected chi connectivity index (χ4v) is 2.52. The molecule has 0 aliphatic heterocycles. The third kappa shape index (κ3) is 4.69. The number of aromatic hydroxyl groups is 1. The first-order chi connectivity index (χ1) is 11.2. The van der Waals surface area contributed by atoms with E-state index < -0.39 is 17.6 Å². The molecule has 0 fully saturated rings. The number of anilines is 1. The third-order valence-electron chi connectivity index (χ3n) is 2.83. The molecule has 0 unspecified atom stereocenters. The lowest BCUT2D eigenvalue weighted by atomic mass is 10.1. The Morgan fingerprint density at radius 1 is 1.33 bits per heavy atom. The summed E-state index contributed by atoms with van der Waals surface area (Å²) in [6, 6.07) is 4.18. The molecule has 2 aromatic rings. The van der Waals surface area contributed by atoms with Crippen molar-refractivity contribution in [1.29, 1.82) is 0 Å². The number of rotatable bonds is 2. The Labute approximate surface area is 143 Å². The van der Waals surface area contributed by atoms with Crippen LogP contribution in [0.1, 0.15) is 31.1 Å². The van der Waals surface area contributed by atoms with Crippen molar-refractivity contribution in [2.24, 2.45) is 12.0 Å². The van der Waals surface area contributed by atoms with E-state index in [-0.39, 0.29) is 11.3 Å². The van der Waals surface area contributed by atoms with Crippen LogP contribution in [0.2, 0.25) is 0 Å². The average molecular weight is 349 g/mol. The number of aryl methyl sites for hydroxylation is 1. The summed E-state index contributed by atoms with van der Waals surface area (Å²) in [4.78, 5) is 28.3. The first kappa shape index (κ1) is 17.7. The molecule has 0 saturated carbocycles. The average Bonchev–Trinajstić information content (AvgIpc) is 2.82. The highest BCUT2D eigenvalue weighted by Gasteiger charge is 2.17. The monoisotopic (exact) mass is 349 g/mol. The molecule has 1 heterocycles. The normalized spacial score (nSPS) is 12.1. The smallest absolute Gasteiger partial charge is 0.412 e. The molecule has 2 amide bonds. The summed E-state index contributed by atoms with van der Waals surface area (Å²) in [6.45, 7) is 5.24. The van der Waals surface area contributed by atoms with Crippen LogP contribution >= 0.6 is 11.3 Å². The predicted molar refractivity (Wildman–Crippen MR) is 91.1 cm³/mol. The van der Waals surface area contributed by atoms with E-state index in [0.29, 0.717) is 10.5 Å². The van der Waals surface area contributed by atoms with E-state index >= 15 is 0 Å². The van der Waals surface area contributed by atoms with Gasteiger partial charge in [-0.15, -0.1) is 11.3 Å². The summed E-state index contributed by atoms with van der Waals surface area (Å²) in [7, 11) is 1.77. The molecule has 128 valence electrons. The summed E-state index contributed by atoms with van der Waals surface area (Å²) < 4.78 is 6.83. The van der Waals surface area contributed by atoms with E-state index in [4.69, 9.17) is 4.74 Å². The second-order valence-electron chi connectivity index (χ2n) is 6.07. The molecule has 0 atom stereocenters. The lowest BCUT2D eigenvalue weighted by Gasteiger charge is -2.19. The number of nitrogens with zero attached hydrogens (tertiary/aromatic N) is 2. The van der Waals surface area contributed by atoms with Crippen LogP contribution in [-0.2, 0) is 11.8 Å². The van der Waals surface area contributed by atoms with Crippen LogP contribution in [-0.4, -0.2) is 27.3 Å². The summed E-state index contributed by atoms with van der Waals surface area (Å²) in [6.07, 6.45) is 1.14. The quantitative estimate of drug-likeness (QED) is 0.872. The Morgan fingerprint density at radius 3 is 2.58 bits per heavy atom. The zero-order valence-electron chi connectivity index (χ0n) is 13.9. The standard InChI is InChI=1S/C16H19N3O4S/c1-16(2,3)23-15(22)17-10-5-6-11(12(20)9-10)13(21)18-14-19(4)7-8-24-14/h5-9,20H,1-4H3,(H,17,22). The Hall–Kier alpha value is -2.61. The number of ether oxygens (including phenoxy) is 1. The zero-order valence-corrected chi connectivity index (χ0v) is 14.7. The molecular weight excluding hydrogens is 330 g/mol. The Kier molecular flexibility index (Phi) is 5.08. The lowest BCUT2D eigenvalue weighted by Crippen LogP contribution is -2.27. The molecule has 7 nitrogen and oxygen atoms in total. The van der Waals surface area contributed by atoms with Gasteiger partial charge in [0.05, 0.1) is 5.56 Å². The van der Waals surface area contributed by atoms with Crippen LogP contribution in [0.5, 0.6) is 5.75 Å². The molecule has 0 aliphatic rings. The largest absolute Gasteiger partial charge is 0.507 e. The predicted octanol–water partition coefficient (Wildman–Crippen LogP) is 2.88. The fourth-order valence-electron chi connectivity index (χ4n) is 1.79. The number of carbonyl (C=O) groups excluding carboxylic acids is 2. The number of thiazole rings is 1. The van der Waals surface area contributed by atoms with Gasteiger partial charge in [-0.3, -0.25) is 10.1 Å². The van der Waals surface area contributed by atoms with Crippen molar-refractivity contribution in [1.82, 2.24) is 4.57 Å². The van der Waals surface area contributed by atoms with Gasteiger partial charge in [0.25, 0.3) is 5.91 Å². The maximum Gasteiger partial charge on any atom is 0.412 e. The van der Waals surface area contributed by atoms with Gasteiger partial charge in [-0.05, 0) is 32.9 Å². The molecule has 2 rings (SSSR count). The van der Waals surface area contributed by atoms with Crippen LogP contribution in [0.25, 0.3) is 0 Å². The van der Waals surface area contributed by atoms with Crippen LogP contribution in [0.4, 0.5) is 10.5 Å². The van der Waals surface area contributed by atoms with Crippen LogP contribution < -0.4 is 10.1 Å². The van der Waals surface area contributed by atoms with E-state index in [2.05, 4.69) is 10.3 Å². The number of aromatic nitrogens is 1. The number of phenolic OH excluding ortho intramolecular Hbond substituents is 1. The van der Waals surface area contributed by atoms with Gasteiger partial charge in [0.1, 0.15) is 11.4 Å². The SMILES string of the molecule is Cn1ccsc1=NC(=O)c1ccc(NC(=O)OC(C)(C)C)cc1O. The van der Waals surface area contributed by atoms with Gasteiger partial charge in [0.15, 0.2) is 4.80 Å². The van der Waals surface area contributed by atoms with Crippen molar-refractivity contribution < 1.29 is 19.4 Å². The zero-order chi connectivity index (χ0) is 17.9. The van der Waals surface area contributed by atoms with Crippen molar-refractivity contribution in [3.05, 3.63) is 40.1 Å². The minimum Gasteiger partial charge on any atom is -0.507 e. The summed E-state index contributed by atoms with van der Waals surface area (Å²) >= 11 is 1.32. The summed E-state index contributed by atoms with van der Waals surface area (Å²) in [5.41, 5.74) is -0.255. The molecule has 1 aromatic heterocycles. The van der Waals surface area contributed by atoms with Crippen molar-refractivity contribution in [2.75, 3.05) is 5.32 Å². The third-order valence-corrected chi connectivity index (χ3v) is 3.68. The van der Waals surface area contributed by atoms with Gasteiger partial charge in [-0.1, -0.05) is 0 Å². The Balaban J connectivity index is 2.17. The highest BCUT2D eigenvalue weighted by Crippen LogP contribution is 2.23. The molecule has 0 bridgehead atoms. The van der Waals surface area contributed by atoms with E-state index in [0.717, 1.165) is 0 Å². The van der Waals surface area contributed by atoms with Crippen LogP contribution in [0.3, 0.4) is 0 Å². The Morgan fingerprint density at radius 2 is 2.04 bits per heavy atom. The molecule has 8 heteroatoms. The number of hydrogen-bond acceptors (Lipinski definition) is 5. The molecule has 1 aromatic carbocycles. The minimum atomic E-state index is -0.642. The molecule has 0 aliphatic carbocycles. The van der Waals surface area contributed by atoms with Gasteiger partial charge in [-0.25, -0.2) is 4.79 Å². The van der Waals surface area contributed by atoms with Crippen molar-refractivity contribution in [2.45, 2.75) is 26.4 Å². The molecule has 2 N–H and O–H groups in total. The van der Waals surface area contributed by atoms with E-state index in [1.54, 1.807) is 44.0 Å². The van der Waals surface area contributed by atoms with E-state index in [9.17, 15) is 14.7 Å².